The number of piperidine rings is 1. The van der Waals surface area contributed by atoms with Gasteiger partial charge in [-0.2, -0.15) is 9.61 Å². The maximum atomic E-state index is 13.8. The maximum absolute atomic E-state index is 13.8. The van der Waals surface area contributed by atoms with Crippen molar-refractivity contribution in [3.63, 3.8) is 0 Å². The Bertz CT molecular complexity index is 1560. The van der Waals surface area contributed by atoms with Crippen molar-refractivity contribution < 1.29 is 4.79 Å². The third-order valence-electron chi connectivity index (χ3n) is 7.32. The van der Waals surface area contributed by atoms with Crippen LogP contribution in [0, 0.1) is 0 Å². The number of aromatic nitrogens is 3. The van der Waals surface area contributed by atoms with Crippen LogP contribution >= 0.6 is 11.6 Å². The van der Waals surface area contributed by atoms with Gasteiger partial charge in [-0.3, -0.25) is 4.79 Å². The van der Waals surface area contributed by atoms with Gasteiger partial charge < -0.3 is 10.2 Å². The van der Waals surface area contributed by atoms with Crippen molar-refractivity contribution in [2.75, 3.05) is 18.4 Å². The molecular formula is C31H27BClN5O. The number of benzene rings is 3. The molecule has 6 nitrogen and oxygen atoms in total. The Morgan fingerprint density at radius 1 is 0.923 bits per heavy atom. The van der Waals surface area contributed by atoms with Gasteiger partial charge in [-0.25, -0.2) is 4.98 Å². The molecule has 0 bridgehead atoms. The number of anilines is 1. The minimum absolute atomic E-state index is 0.137. The van der Waals surface area contributed by atoms with Crippen LogP contribution < -0.4 is 10.8 Å². The summed E-state index contributed by atoms with van der Waals surface area (Å²) in [7, 11) is 6.19. The van der Waals surface area contributed by atoms with Crippen LogP contribution in [0.3, 0.4) is 0 Å². The minimum Gasteiger partial charge on any atom is -0.367 e. The van der Waals surface area contributed by atoms with E-state index in [2.05, 4.69) is 10.4 Å². The van der Waals surface area contributed by atoms with Gasteiger partial charge in [-0.1, -0.05) is 90.5 Å². The van der Waals surface area contributed by atoms with Gasteiger partial charge in [-0.15, -0.1) is 0 Å². The number of halogens is 1. The molecule has 0 unspecified atom stereocenters. The summed E-state index contributed by atoms with van der Waals surface area (Å²) in [4.78, 5) is 20.6. The van der Waals surface area contributed by atoms with Gasteiger partial charge in [0, 0.05) is 42.0 Å². The van der Waals surface area contributed by atoms with E-state index in [4.69, 9.17) is 24.4 Å². The summed E-state index contributed by atoms with van der Waals surface area (Å²) < 4.78 is 1.73. The van der Waals surface area contributed by atoms with Gasteiger partial charge in [0.05, 0.1) is 11.6 Å². The van der Waals surface area contributed by atoms with Crippen molar-refractivity contribution in [2.45, 2.75) is 24.8 Å². The molecule has 0 saturated carbocycles. The standard InChI is InChI=1S/C31H27BClN5O/c32-25-20-34-38-28(19-27(36-30(25)38)24-13-7-8-14-26(24)33)35-23-15-17-37(18-16-23)31(39)29(21-9-3-1-4-10-21)22-11-5-2-6-12-22/h1-14,19-20,23,29,35H,15-18H2. The Morgan fingerprint density at radius 3 is 2.18 bits per heavy atom. The number of rotatable bonds is 6. The summed E-state index contributed by atoms with van der Waals surface area (Å²) >= 11 is 6.48. The smallest absolute Gasteiger partial charge is 0.234 e. The summed E-state index contributed by atoms with van der Waals surface area (Å²) in [6.45, 7) is 1.33. The highest BCUT2D eigenvalue weighted by molar-refractivity contribution is 6.36. The zero-order valence-electron chi connectivity index (χ0n) is 21.4. The van der Waals surface area contributed by atoms with Crippen LogP contribution in [0.15, 0.2) is 97.2 Å². The van der Waals surface area contributed by atoms with E-state index in [9.17, 15) is 4.79 Å². The lowest BCUT2D eigenvalue weighted by Gasteiger charge is -2.35. The number of likely N-dealkylation sites (tertiary alicyclic amines) is 1. The molecule has 5 aromatic rings. The SMILES string of the molecule is [B]c1cnn2c(NC3CCN(C(=O)C(c4ccccc4)c4ccccc4)CC3)cc(-c3ccccc3Cl)nc12. The fourth-order valence-electron chi connectivity index (χ4n) is 5.29. The summed E-state index contributed by atoms with van der Waals surface area (Å²) in [5, 5.41) is 8.71. The second-order valence-corrected chi connectivity index (χ2v) is 10.2. The van der Waals surface area contributed by atoms with Crippen LogP contribution in [0.5, 0.6) is 0 Å². The number of hydrogen-bond donors (Lipinski definition) is 1. The molecule has 2 aromatic heterocycles. The highest BCUT2D eigenvalue weighted by atomic mass is 35.5. The van der Waals surface area contributed by atoms with Crippen LogP contribution in [0.4, 0.5) is 5.82 Å². The number of carbonyl (C=O) groups excluding carboxylic acids is 1. The molecule has 3 aromatic carbocycles. The van der Waals surface area contributed by atoms with Crippen molar-refractivity contribution in [1.82, 2.24) is 19.5 Å². The van der Waals surface area contributed by atoms with Crippen LogP contribution in [0.25, 0.3) is 16.9 Å². The molecule has 8 heteroatoms. The fourth-order valence-corrected chi connectivity index (χ4v) is 5.53. The van der Waals surface area contributed by atoms with E-state index in [0.29, 0.717) is 29.2 Å². The molecule has 1 aliphatic heterocycles. The maximum Gasteiger partial charge on any atom is 0.234 e. The van der Waals surface area contributed by atoms with E-state index in [1.807, 2.05) is 95.9 Å². The number of amides is 1. The lowest BCUT2D eigenvalue weighted by atomic mass is 9.89. The Balaban J connectivity index is 1.21. The van der Waals surface area contributed by atoms with Crippen LogP contribution in [-0.2, 0) is 4.79 Å². The number of nitrogens with one attached hydrogen (secondary N) is 1. The fraction of sp³-hybridized carbons (Fsp3) is 0.194. The van der Waals surface area contributed by atoms with E-state index in [0.717, 1.165) is 41.0 Å². The zero-order chi connectivity index (χ0) is 26.8. The molecule has 1 amide bonds. The molecule has 1 N–H and O–H groups in total. The average Bonchev–Trinajstić information content (AvgIpc) is 3.35. The highest BCUT2D eigenvalue weighted by Gasteiger charge is 2.30. The molecule has 0 spiro atoms. The first-order valence-corrected chi connectivity index (χ1v) is 13.5. The Hall–Kier alpha value is -4.10. The van der Waals surface area contributed by atoms with Crippen molar-refractivity contribution in [2.24, 2.45) is 0 Å². The number of carbonyl (C=O) groups is 1. The molecule has 1 saturated heterocycles. The lowest BCUT2D eigenvalue weighted by molar-refractivity contribution is -0.132. The van der Waals surface area contributed by atoms with Crippen molar-refractivity contribution in [3.8, 4) is 11.3 Å². The minimum atomic E-state index is -0.318. The van der Waals surface area contributed by atoms with E-state index in [1.165, 1.54) is 0 Å². The van der Waals surface area contributed by atoms with Gasteiger partial charge >= 0.3 is 0 Å². The van der Waals surface area contributed by atoms with Gasteiger partial charge in [0.2, 0.25) is 5.91 Å². The third-order valence-corrected chi connectivity index (χ3v) is 7.65. The molecule has 39 heavy (non-hydrogen) atoms. The van der Waals surface area contributed by atoms with Crippen LogP contribution in [0.1, 0.15) is 29.9 Å². The van der Waals surface area contributed by atoms with Crippen molar-refractivity contribution in [1.29, 1.82) is 0 Å². The van der Waals surface area contributed by atoms with E-state index >= 15 is 0 Å². The normalized spacial score (nSPS) is 14.2. The molecule has 3 heterocycles. The predicted octanol–water partition coefficient (Wildman–Crippen LogP) is 5.08. The predicted molar refractivity (Wildman–Crippen MR) is 157 cm³/mol. The average molecular weight is 532 g/mol. The van der Waals surface area contributed by atoms with Crippen molar-refractivity contribution in [3.05, 3.63) is 113 Å². The molecule has 0 aliphatic carbocycles. The highest BCUT2D eigenvalue weighted by Crippen LogP contribution is 2.31. The largest absolute Gasteiger partial charge is 0.367 e. The van der Waals surface area contributed by atoms with Gasteiger partial charge in [0.1, 0.15) is 13.7 Å². The number of nitrogens with zero attached hydrogens (tertiary/aromatic N) is 4. The second-order valence-electron chi connectivity index (χ2n) is 9.84. The quantitative estimate of drug-likeness (QED) is 0.311. The molecular weight excluding hydrogens is 505 g/mol. The molecule has 1 fully saturated rings. The van der Waals surface area contributed by atoms with E-state index in [-0.39, 0.29) is 17.9 Å². The Labute approximate surface area is 234 Å². The second kappa shape index (κ2) is 10.9. The Kier molecular flexibility index (Phi) is 7.07. The van der Waals surface area contributed by atoms with E-state index < -0.39 is 0 Å². The number of hydrogen-bond acceptors (Lipinski definition) is 4. The Morgan fingerprint density at radius 2 is 1.54 bits per heavy atom. The van der Waals surface area contributed by atoms with E-state index in [1.54, 1.807) is 10.7 Å². The van der Waals surface area contributed by atoms with Gasteiger partial charge in [0.25, 0.3) is 0 Å². The zero-order valence-corrected chi connectivity index (χ0v) is 22.1. The summed E-state index contributed by atoms with van der Waals surface area (Å²) in [6.07, 6.45) is 3.23. The van der Waals surface area contributed by atoms with Gasteiger partial charge in [0.15, 0.2) is 5.65 Å². The molecule has 1 aliphatic rings. The lowest BCUT2D eigenvalue weighted by Crippen LogP contribution is -2.44. The third kappa shape index (κ3) is 5.14. The molecule has 0 atom stereocenters. The first-order chi connectivity index (χ1) is 19.1. The first kappa shape index (κ1) is 25.2. The van der Waals surface area contributed by atoms with Gasteiger partial charge in [-0.05, 0) is 35.5 Å². The molecule has 2 radical (unpaired) electrons. The topological polar surface area (TPSA) is 62.5 Å². The number of fused-ring (bicyclic) bond motifs is 1. The summed E-state index contributed by atoms with van der Waals surface area (Å²) in [6, 6.07) is 29.8. The first-order valence-electron chi connectivity index (χ1n) is 13.1. The summed E-state index contributed by atoms with van der Waals surface area (Å²) in [5.41, 5.74) is 4.66. The molecule has 192 valence electrons. The van der Waals surface area contributed by atoms with Crippen molar-refractivity contribution >= 4 is 42.3 Å². The molecule has 6 rings (SSSR count). The van der Waals surface area contributed by atoms with Crippen LogP contribution in [-0.4, -0.2) is 52.4 Å². The van der Waals surface area contributed by atoms with Crippen LogP contribution in [0.2, 0.25) is 5.02 Å². The monoisotopic (exact) mass is 531 g/mol. The summed E-state index contributed by atoms with van der Waals surface area (Å²) in [5.74, 6) is 0.614.